The summed E-state index contributed by atoms with van der Waals surface area (Å²) in [6, 6.07) is 9.15. The topological polar surface area (TPSA) is 143 Å². The summed E-state index contributed by atoms with van der Waals surface area (Å²) < 4.78 is 21.9. The van der Waals surface area contributed by atoms with Gasteiger partial charge < -0.3 is 24.7 Å². The summed E-state index contributed by atoms with van der Waals surface area (Å²) in [6.07, 6.45) is 1.39. The van der Waals surface area contributed by atoms with E-state index >= 15 is 0 Å². The molecule has 0 bridgehead atoms. The highest BCUT2D eigenvalue weighted by molar-refractivity contribution is 6.05. The van der Waals surface area contributed by atoms with Crippen molar-refractivity contribution in [2.75, 3.05) is 32.8 Å². The van der Waals surface area contributed by atoms with E-state index in [0.29, 0.717) is 59.0 Å². The molecule has 1 heterocycles. The fourth-order valence-electron chi connectivity index (χ4n) is 5.02. The van der Waals surface area contributed by atoms with Crippen LogP contribution in [0.5, 0.6) is 17.2 Å². The fourth-order valence-corrected chi connectivity index (χ4v) is 5.02. The van der Waals surface area contributed by atoms with Crippen molar-refractivity contribution in [3.63, 3.8) is 0 Å². The minimum absolute atomic E-state index is 0.0736. The van der Waals surface area contributed by atoms with E-state index in [1.54, 1.807) is 24.0 Å². The molecular weight excluding hydrogens is 494 g/mol. The number of ketones is 1. The number of hydrogen-bond donors (Lipinski definition) is 1. The Morgan fingerprint density at radius 3 is 2.24 bits per heavy atom. The van der Waals surface area contributed by atoms with E-state index in [-0.39, 0.29) is 29.5 Å². The number of rotatable bonds is 8. The lowest BCUT2D eigenvalue weighted by atomic mass is 9.75. The van der Waals surface area contributed by atoms with Crippen LogP contribution < -0.4 is 24.8 Å². The number of benzene rings is 2. The van der Waals surface area contributed by atoms with Crippen LogP contribution in [0.3, 0.4) is 0 Å². The number of nitrogens with zero attached hydrogens (tertiary/aromatic N) is 2. The van der Waals surface area contributed by atoms with E-state index in [9.17, 15) is 19.7 Å². The average molecular weight is 524 g/mol. The molecule has 0 radical (unpaired) electrons. The summed E-state index contributed by atoms with van der Waals surface area (Å²) in [7, 11) is 4.44. The second-order valence-electron chi connectivity index (χ2n) is 8.66. The second kappa shape index (κ2) is 10.8. The van der Waals surface area contributed by atoms with Crippen LogP contribution in [-0.4, -0.2) is 44.6 Å². The molecule has 0 spiro atoms. The molecule has 11 nitrogen and oxygen atoms in total. The molecule has 2 N–H and O–H groups in total. The first-order valence-corrected chi connectivity index (χ1v) is 12.0. The smallest absolute Gasteiger partial charge is 0.338 e. The number of anilines is 1. The molecule has 2 aromatic rings. The molecule has 0 amide bonds. The Labute approximate surface area is 219 Å². The number of carbonyl (C=O) groups is 2. The van der Waals surface area contributed by atoms with Gasteiger partial charge in [0.1, 0.15) is 5.82 Å². The number of nitro benzene ring substituents is 1. The molecule has 1 unspecified atom stereocenters. The highest BCUT2D eigenvalue weighted by Gasteiger charge is 2.43. The lowest BCUT2D eigenvalue weighted by Crippen LogP contribution is -2.41. The number of non-ortho nitro benzene ring substituents is 1. The maximum atomic E-state index is 13.5. The minimum atomic E-state index is -0.861. The van der Waals surface area contributed by atoms with Gasteiger partial charge >= 0.3 is 5.97 Å². The third kappa shape index (κ3) is 4.51. The van der Waals surface area contributed by atoms with E-state index < -0.39 is 16.8 Å². The highest BCUT2D eigenvalue weighted by atomic mass is 16.6. The molecule has 200 valence electrons. The molecule has 1 aliphatic heterocycles. The fraction of sp³-hybridized carbons (Fsp3) is 0.333. The Bertz CT molecular complexity index is 1320. The number of methoxy groups -OCH3 is 3. The van der Waals surface area contributed by atoms with Gasteiger partial charge in [0, 0.05) is 35.5 Å². The lowest BCUT2D eigenvalue weighted by Gasteiger charge is -2.40. The molecule has 0 fully saturated rings. The van der Waals surface area contributed by atoms with Crippen LogP contribution in [0, 0.1) is 10.1 Å². The maximum absolute atomic E-state index is 13.5. The maximum Gasteiger partial charge on any atom is 0.338 e. The van der Waals surface area contributed by atoms with Crippen LogP contribution in [0.4, 0.5) is 11.4 Å². The normalized spacial score (nSPS) is 17.2. The molecule has 1 atom stereocenters. The molecule has 1 aliphatic carbocycles. The van der Waals surface area contributed by atoms with Gasteiger partial charge in [-0.1, -0.05) is 0 Å². The summed E-state index contributed by atoms with van der Waals surface area (Å²) in [5.74, 6) is -0.532. The van der Waals surface area contributed by atoms with Crippen molar-refractivity contribution in [1.29, 1.82) is 0 Å². The van der Waals surface area contributed by atoms with E-state index in [4.69, 9.17) is 24.7 Å². The predicted octanol–water partition coefficient (Wildman–Crippen LogP) is 3.96. The van der Waals surface area contributed by atoms with Crippen LogP contribution in [0.2, 0.25) is 0 Å². The summed E-state index contributed by atoms with van der Waals surface area (Å²) in [5, 5.41) is 11.2. The number of carbonyl (C=O) groups excluding carboxylic acids is 2. The number of allylic oxidation sites excluding steroid dienone is 2. The molecule has 0 saturated carbocycles. The summed E-state index contributed by atoms with van der Waals surface area (Å²) in [5.41, 5.74) is 8.74. The number of Topliss-reactive ketones (excluding diaryl/α,β-unsaturated/α-hetero) is 1. The first kappa shape index (κ1) is 26.5. The van der Waals surface area contributed by atoms with Gasteiger partial charge in [0.05, 0.1) is 44.4 Å². The van der Waals surface area contributed by atoms with Crippen molar-refractivity contribution in [2.45, 2.75) is 32.1 Å². The van der Waals surface area contributed by atoms with Crippen molar-refractivity contribution in [2.24, 2.45) is 5.73 Å². The van der Waals surface area contributed by atoms with Crippen molar-refractivity contribution < 1.29 is 33.5 Å². The second-order valence-corrected chi connectivity index (χ2v) is 8.66. The molecule has 4 rings (SSSR count). The van der Waals surface area contributed by atoms with Gasteiger partial charge in [-0.25, -0.2) is 4.79 Å². The van der Waals surface area contributed by atoms with E-state index in [1.165, 1.54) is 45.6 Å². The van der Waals surface area contributed by atoms with Crippen molar-refractivity contribution in [3.8, 4) is 17.2 Å². The highest BCUT2D eigenvalue weighted by Crippen LogP contribution is 2.50. The van der Waals surface area contributed by atoms with E-state index in [1.807, 2.05) is 0 Å². The molecule has 38 heavy (non-hydrogen) atoms. The number of esters is 1. The number of hydrogen-bond acceptors (Lipinski definition) is 10. The lowest BCUT2D eigenvalue weighted by molar-refractivity contribution is -0.384. The van der Waals surface area contributed by atoms with Gasteiger partial charge in [-0.3, -0.25) is 19.8 Å². The third-order valence-electron chi connectivity index (χ3n) is 6.63. The van der Waals surface area contributed by atoms with Crippen LogP contribution in [0.1, 0.15) is 37.7 Å². The monoisotopic (exact) mass is 523 g/mol. The van der Waals surface area contributed by atoms with Gasteiger partial charge in [0.2, 0.25) is 5.75 Å². The Balaban J connectivity index is 2.01. The zero-order chi connectivity index (χ0) is 27.6. The van der Waals surface area contributed by atoms with E-state index in [2.05, 4.69) is 0 Å². The molecule has 11 heteroatoms. The van der Waals surface area contributed by atoms with Gasteiger partial charge in [-0.2, -0.15) is 0 Å². The van der Waals surface area contributed by atoms with E-state index in [0.717, 1.165) is 0 Å². The number of nitrogens with two attached hydrogens (primary N) is 1. The Hall–Kier alpha value is -4.54. The number of nitro groups is 1. The summed E-state index contributed by atoms with van der Waals surface area (Å²) in [6.45, 7) is 1.77. The standard InChI is InChI=1S/C27H29N3O8/c1-5-38-27(32)24-22(15-13-20(35-2)25(37-4)21(14-15)36-3)23-18(7-6-8-19(23)31)29(26(24)28)16-9-11-17(12-10-16)30(33)34/h9-14,22H,5-8,28H2,1-4H3. The first-order chi connectivity index (χ1) is 18.3. The summed E-state index contributed by atoms with van der Waals surface area (Å²) >= 11 is 0. The quantitative estimate of drug-likeness (QED) is 0.307. The predicted molar refractivity (Wildman–Crippen MR) is 138 cm³/mol. The van der Waals surface area contributed by atoms with Gasteiger partial charge in [-0.15, -0.1) is 0 Å². The minimum Gasteiger partial charge on any atom is -0.493 e. The molecule has 2 aromatic carbocycles. The molecule has 2 aliphatic rings. The van der Waals surface area contributed by atoms with Gasteiger partial charge in [0.25, 0.3) is 5.69 Å². The van der Waals surface area contributed by atoms with Crippen molar-refractivity contribution in [1.82, 2.24) is 0 Å². The van der Waals surface area contributed by atoms with Crippen LogP contribution in [-0.2, 0) is 14.3 Å². The Kier molecular flexibility index (Phi) is 7.56. The van der Waals surface area contributed by atoms with Crippen LogP contribution in [0.25, 0.3) is 0 Å². The summed E-state index contributed by atoms with van der Waals surface area (Å²) in [4.78, 5) is 39.3. The number of ether oxygens (including phenoxy) is 4. The van der Waals surface area contributed by atoms with Gasteiger partial charge in [0.15, 0.2) is 17.3 Å². The van der Waals surface area contributed by atoms with Crippen LogP contribution in [0.15, 0.2) is 59.1 Å². The molecule has 0 aromatic heterocycles. The third-order valence-corrected chi connectivity index (χ3v) is 6.63. The molecular formula is C27H29N3O8. The Morgan fingerprint density at radius 1 is 1.08 bits per heavy atom. The SMILES string of the molecule is CCOC(=O)C1=C(N)N(c2ccc([N+](=O)[O-])cc2)C2=C(C(=O)CCC2)C1c1cc(OC)c(OC)c(OC)c1. The van der Waals surface area contributed by atoms with Crippen molar-refractivity contribution in [3.05, 3.63) is 74.7 Å². The van der Waals surface area contributed by atoms with Crippen LogP contribution >= 0.6 is 0 Å². The first-order valence-electron chi connectivity index (χ1n) is 12.0. The zero-order valence-electron chi connectivity index (χ0n) is 21.6. The largest absolute Gasteiger partial charge is 0.493 e. The zero-order valence-corrected chi connectivity index (χ0v) is 21.6. The van der Waals surface area contributed by atoms with Gasteiger partial charge in [-0.05, 0) is 49.6 Å². The Morgan fingerprint density at radius 2 is 1.71 bits per heavy atom. The van der Waals surface area contributed by atoms with Crippen molar-refractivity contribution >= 4 is 23.1 Å². The average Bonchev–Trinajstić information content (AvgIpc) is 2.91. The molecule has 0 saturated heterocycles.